The van der Waals surface area contributed by atoms with E-state index in [9.17, 15) is 4.79 Å². The Morgan fingerprint density at radius 2 is 2.03 bits per heavy atom. The lowest BCUT2D eigenvalue weighted by Crippen LogP contribution is -2.23. The maximum absolute atomic E-state index is 12.5. The fourth-order valence-electron chi connectivity index (χ4n) is 3.69. The van der Waals surface area contributed by atoms with Gasteiger partial charge in [0.2, 0.25) is 6.79 Å². The summed E-state index contributed by atoms with van der Waals surface area (Å²) in [6.07, 6.45) is 4.01. The molecule has 0 atom stereocenters. The van der Waals surface area contributed by atoms with Gasteiger partial charge in [0.1, 0.15) is 12.4 Å². The van der Waals surface area contributed by atoms with E-state index in [-0.39, 0.29) is 12.7 Å². The number of hydrogen-bond acceptors (Lipinski definition) is 6. The highest BCUT2D eigenvalue weighted by molar-refractivity contribution is 8.18. The molecule has 1 amide bonds. The minimum Gasteiger partial charge on any atom is -0.492 e. The van der Waals surface area contributed by atoms with E-state index in [0.29, 0.717) is 29.0 Å². The van der Waals surface area contributed by atoms with Gasteiger partial charge in [-0.2, -0.15) is 0 Å². The van der Waals surface area contributed by atoms with Crippen molar-refractivity contribution in [2.45, 2.75) is 6.54 Å². The molecule has 0 saturated carbocycles. The van der Waals surface area contributed by atoms with Crippen LogP contribution >= 0.6 is 11.8 Å². The first-order valence-electron chi connectivity index (χ1n) is 9.89. The maximum Gasteiger partial charge on any atom is 0.266 e. The molecule has 0 radical (unpaired) electrons. The summed E-state index contributed by atoms with van der Waals surface area (Å²) in [5.74, 6) is 2.15. The number of benzene rings is 2. The van der Waals surface area contributed by atoms with Gasteiger partial charge in [0, 0.05) is 42.8 Å². The second kappa shape index (κ2) is 8.03. The molecule has 1 fully saturated rings. The number of likely N-dealkylation sites (N-methyl/N-ethyl adjacent to an activating group) is 1. The average molecular weight is 436 g/mol. The van der Waals surface area contributed by atoms with E-state index in [4.69, 9.17) is 14.2 Å². The number of aliphatic imine (C=N–C) groups is 1. The standard InChI is InChI=1S/C23H21N3O4S/c1-24-23-25(2)22(27)21(31-23)11-15-13-26(18-6-4-3-5-17(15)18)9-10-28-16-7-8-19-20(12-16)30-14-29-19/h3-8,11-13H,9-10,14H2,1-2H3. The van der Waals surface area contributed by atoms with E-state index in [1.807, 2.05) is 36.4 Å². The van der Waals surface area contributed by atoms with E-state index in [0.717, 1.165) is 28.0 Å². The summed E-state index contributed by atoms with van der Waals surface area (Å²) in [4.78, 5) is 19.0. The Balaban J connectivity index is 1.37. The van der Waals surface area contributed by atoms with Crippen molar-refractivity contribution in [2.24, 2.45) is 4.99 Å². The van der Waals surface area contributed by atoms with E-state index in [1.54, 1.807) is 19.0 Å². The Hall–Kier alpha value is -3.39. The number of aromatic nitrogens is 1. The highest BCUT2D eigenvalue weighted by Gasteiger charge is 2.30. The molecule has 2 aliphatic rings. The molecule has 3 heterocycles. The number of hydrogen-bond donors (Lipinski definition) is 0. The number of carbonyl (C=O) groups is 1. The first kappa shape index (κ1) is 19.6. The van der Waals surface area contributed by atoms with Crippen molar-refractivity contribution in [1.29, 1.82) is 0 Å². The number of nitrogens with zero attached hydrogens (tertiary/aromatic N) is 3. The van der Waals surface area contributed by atoms with Gasteiger partial charge in [-0.25, -0.2) is 0 Å². The fraction of sp³-hybridized carbons (Fsp3) is 0.217. The quantitative estimate of drug-likeness (QED) is 0.567. The van der Waals surface area contributed by atoms with Crippen LogP contribution in [0.5, 0.6) is 17.2 Å². The SMILES string of the molecule is CN=C1SC(=Cc2cn(CCOc3ccc4c(c3)OCO4)c3ccccc23)C(=O)N1C. The third-order valence-electron chi connectivity index (χ3n) is 5.25. The molecule has 0 aliphatic carbocycles. The molecule has 1 saturated heterocycles. The first-order valence-corrected chi connectivity index (χ1v) is 10.7. The highest BCUT2D eigenvalue weighted by atomic mass is 32.2. The normalized spacial score (nSPS) is 18.0. The van der Waals surface area contributed by atoms with Crippen molar-refractivity contribution >= 4 is 39.8 Å². The largest absolute Gasteiger partial charge is 0.492 e. The molecule has 8 heteroatoms. The van der Waals surface area contributed by atoms with Crippen LogP contribution in [0.4, 0.5) is 0 Å². The van der Waals surface area contributed by atoms with Crippen LogP contribution in [0.3, 0.4) is 0 Å². The lowest BCUT2D eigenvalue weighted by atomic mass is 10.1. The van der Waals surface area contributed by atoms with Crippen molar-refractivity contribution in [3.05, 3.63) is 59.1 Å². The summed E-state index contributed by atoms with van der Waals surface area (Å²) >= 11 is 1.40. The Kier molecular flexibility index (Phi) is 5.07. The van der Waals surface area contributed by atoms with Crippen LogP contribution in [0, 0.1) is 0 Å². The van der Waals surface area contributed by atoms with Crippen LogP contribution in [0.1, 0.15) is 5.56 Å². The summed E-state index contributed by atoms with van der Waals surface area (Å²) in [6, 6.07) is 13.7. The predicted octanol–water partition coefficient (Wildman–Crippen LogP) is 3.98. The molecule has 2 aliphatic heterocycles. The number of ether oxygens (including phenoxy) is 3. The molecule has 0 N–H and O–H groups in total. The van der Waals surface area contributed by atoms with E-state index in [2.05, 4.69) is 27.9 Å². The topological polar surface area (TPSA) is 65.3 Å². The molecule has 2 aromatic carbocycles. The number of amidine groups is 1. The molecule has 0 unspecified atom stereocenters. The van der Waals surface area contributed by atoms with Gasteiger partial charge in [-0.1, -0.05) is 18.2 Å². The lowest BCUT2D eigenvalue weighted by Gasteiger charge is -2.09. The summed E-state index contributed by atoms with van der Waals surface area (Å²) in [6.45, 7) is 1.41. The number of carbonyl (C=O) groups excluding carboxylic acids is 1. The molecule has 5 rings (SSSR count). The number of amides is 1. The van der Waals surface area contributed by atoms with Gasteiger partial charge in [-0.3, -0.25) is 14.7 Å². The number of fused-ring (bicyclic) bond motifs is 2. The minimum absolute atomic E-state index is 0.0337. The second-order valence-corrected chi connectivity index (χ2v) is 8.15. The molecular formula is C23H21N3O4S. The van der Waals surface area contributed by atoms with Crippen molar-refractivity contribution in [2.75, 3.05) is 27.5 Å². The Labute approximate surface area is 183 Å². The molecule has 0 bridgehead atoms. The Morgan fingerprint density at radius 1 is 1.19 bits per heavy atom. The summed E-state index contributed by atoms with van der Waals surface area (Å²) < 4.78 is 18.8. The molecule has 0 spiro atoms. The number of rotatable bonds is 5. The third-order valence-corrected chi connectivity index (χ3v) is 6.40. The predicted molar refractivity (Wildman–Crippen MR) is 122 cm³/mol. The van der Waals surface area contributed by atoms with Crippen LogP contribution in [0.2, 0.25) is 0 Å². The van der Waals surface area contributed by atoms with Gasteiger partial charge in [0.05, 0.1) is 11.4 Å². The molecule has 31 heavy (non-hydrogen) atoms. The first-order chi connectivity index (χ1) is 15.1. The summed E-state index contributed by atoms with van der Waals surface area (Å²) in [5.41, 5.74) is 2.09. The fourth-order valence-corrected chi connectivity index (χ4v) is 4.61. The zero-order valence-electron chi connectivity index (χ0n) is 17.2. The van der Waals surface area contributed by atoms with E-state index < -0.39 is 0 Å². The lowest BCUT2D eigenvalue weighted by molar-refractivity contribution is -0.121. The molecule has 3 aromatic rings. The highest BCUT2D eigenvalue weighted by Crippen LogP contribution is 2.35. The van der Waals surface area contributed by atoms with Crippen molar-refractivity contribution < 1.29 is 19.0 Å². The Bertz CT molecular complexity index is 1230. The zero-order chi connectivity index (χ0) is 21.4. The van der Waals surface area contributed by atoms with Crippen LogP contribution in [-0.2, 0) is 11.3 Å². The van der Waals surface area contributed by atoms with Gasteiger partial charge in [-0.05, 0) is 36.0 Å². The number of para-hydroxylation sites is 1. The van der Waals surface area contributed by atoms with Crippen LogP contribution in [0.15, 0.2) is 58.6 Å². The van der Waals surface area contributed by atoms with Gasteiger partial charge < -0.3 is 18.8 Å². The second-order valence-electron chi connectivity index (χ2n) is 7.14. The van der Waals surface area contributed by atoms with Crippen molar-refractivity contribution in [3.63, 3.8) is 0 Å². The molecule has 7 nitrogen and oxygen atoms in total. The minimum atomic E-state index is -0.0337. The zero-order valence-corrected chi connectivity index (χ0v) is 18.0. The van der Waals surface area contributed by atoms with E-state index in [1.165, 1.54) is 11.8 Å². The molecule has 1 aromatic heterocycles. The van der Waals surface area contributed by atoms with Crippen LogP contribution < -0.4 is 14.2 Å². The van der Waals surface area contributed by atoms with Gasteiger partial charge >= 0.3 is 0 Å². The van der Waals surface area contributed by atoms with Crippen LogP contribution in [-0.4, -0.2) is 48.0 Å². The van der Waals surface area contributed by atoms with E-state index >= 15 is 0 Å². The van der Waals surface area contributed by atoms with Crippen LogP contribution in [0.25, 0.3) is 17.0 Å². The molecule has 158 valence electrons. The van der Waals surface area contributed by atoms with Crippen molar-refractivity contribution in [1.82, 2.24) is 9.47 Å². The smallest absolute Gasteiger partial charge is 0.266 e. The Morgan fingerprint density at radius 3 is 2.87 bits per heavy atom. The maximum atomic E-state index is 12.5. The summed E-state index contributed by atoms with van der Waals surface area (Å²) in [5, 5.41) is 1.80. The third kappa shape index (κ3) is 3.63. The van der Waals surface area contributed by atoms with Gasteiger partial charge in [-0.15, -0.1) is 0 Å². The van der Waals surface area contributed by atoms with Gasteiger partial charge in [0.15, 0.2) is 16.7 Å². The monoisotopic (exact) mass is 435 g/mol. The molecular weight excluding hydrogens is 414 g/mol. The van der Waals surface area contributed by atoms with Gasteiger partial charge in [0.25, 0.3) is 5.91 Å². The van der Waals surface area contributed by atoms with Crippen molar-refractivity contribution in [3.8, 4) is 17.2 Å². The average Bonchev–Trinajstić information content (AvgIpc) is 3.47. The summed E-state index contributed by atoms with van der Waals surface area (Å²) in [7, 11) is 3.44. The number of thioether (sulfide) groups is 1.